The smallest absolute Gasteiger partial charge is 0.167 e. The average Bonchev–Trinajstić information content (AvgIpc) is 2.25. The number of ketones is 1. The summed E-state index contributed by atoms with van der Waals surface area (Å²) in [6.07, 6.45) is 5.83. The van der Waals surface area contributed by atoms with Crippen LogP contribution in [0.25, 0.3) is 0 Å². The average molecular weight is 223 g/mol. The van der Waals surface area contributed by atoms with E-state index in [1.165, 1.54) is 7.11 Å². The van der Waals surface area contributed by atoms with Gasteiger partial charge in [0.1, 0.15) is 5.75 Å². The maximum atomic E-state index is 11.7. The van der Waals surface area contributed by atoms with Gasteiger partial charge in [-0.25, -0.2) is 0 Å². The molecule has 0 spiro atoms. The molecular formula is C12H11ClO2. The highest BCUT2D eigenvalue weighted by Gasteiger charge is 2.11. The van der Waals surface area contributed by atoms with Gasteiger partial charge in [-0.2, -0.15) is 0 Å². The molecule has 0 aliphatic rings. The van der Waals surface area contributed by atoms with Gasteiger partial charge in [-0.15, -0.1) is 12.3 Å². The minimum atomic E-state index is -0.0488. The molecular weight excluding hydrogens is 212 g/mol. The number of carbonyl (C=O) groups excluding carboxylic acids is 1. The van der Waals surface area contributed by atoms with Crippen molar-refractivity contribution in [3.05, 3.63) is 28.8 Å². The van der Waals surface area contributed by atoms with Gasteiger partial charge in [-0.3, -0.25) is 4.79 Å². The molecule has 0 heterocycles. The molecule has 1 aromatic carbocycles. The lowest BCUT2D eigenvalue weighted by molar-refractivity contribution is 0.0981. The van der Waals surface area contributed by atoms with E-state index in [1.54, 1.807) is 18.2 Å². The number of Topliss-reactive ketones (excluding diaryl/α,β-unsaturated/α-hetero) is 1. The van der Waals surface area contributed by atoms with E-state index < -0.39 is 0 Å². The predicted molar refractivity (Wildman–Crippen MR) is 60.4 cm³/mol. The zero-order chi connectivity index (χ0) is 11.3. The fraction of sp³-hybridized carbons (Fsp3) is 0.250. The highest BCUT2D eigenvalue weighted by atomic mass is 35.5. The van der Waals surface area contributed by atoms with Gasteiger partial charge in [0.05, 0.1) is 12.7 Å². The molecule has 0 unspecified atom stereocenters. The van der Waals surface area contributed by atoms with E-state index in [0.717, 1.165) is 0 Å². The molecule has 0 N–H and O–H groups in total. The van der Waals surface area contributed by atoms with Crippen molar-refractivity contribution >= 4 is 17.4 Å². The van der Waals surface area contributed by atoms with Crippen LogP contribution in [0.2, 0.25) is 5.02 Å². The lowest BCUT2D eigenvalue weighted by Gasteiger charge is -2.06. The fourth-order valence-corrected chi connectivity index (χ4v) is 1.39. The van der Waals surface area contributed by atoms with Crippen molar-refractivity contribution < 1.29 is 9.53 Å². The number of halogens is 1. The molecule has 3 heteroatoms. The van der Waals surface area contributed by atoms with Crippen LogP contribution in [0.4, 0.5) is 0 Å². The van der Waals surface area contributed by atoms with Gasteiger partial charge in [0.15, 0.2) is 5.78 Å². The Morgan fingerprint density at radius 2 is 2.33 bits per heavy atom. The summed E-state index contributed by atoms with van der Waals surface area (Å²) in [5.41, 5.74) is 0.486. The van der Waals surface area contributed by atoms with Crippen LogP contribution in [0, 0.1) is 12.3 Å². The zero-order valence-corrected chi connectivity index (χ0v) is 9.17. The first kappa shape index (κ1) is 11.6. The van der Waals surface area contributed by atoms with Gasteiger partial charge in [-0.05, 0) is 18.2 Å². The highest BCUT2D eigenvalue weighted by molar-refractivity contribution is 6.31. The molecule has 1 aromatic rings. The molecule has 15 heavy (non-hydrogen) atoms. The molecule has 1 rings (SSSR count). The van der Waals surface area contributed by atoms with Crippen LogP contribution in [0.1, 0.15) is 23.2 Å². The summed E-state index contributed by atoms with van der Waals surface area (Å²) in [4.78, 5) is 11.7. The van der Waals surface area contributed by atoms with Crippen molar-refractivity contribution in [3.63, 3.8) is 0 Å². The molecule has 0 amide bonds. The van der Waals surface area contributed by atoms with Crippen LogP contribution < -0.4 is 4.74 Å². The summed E-state index contributed by atoms with van der Waals surface area (Å²) in [6, 6.07) is 4.95. The van der Waals surface area contributed by atoms with Gasteiger partial charge < -0.3 is 4.74 Å². The summed E-state index contributed by atoms with van der Waals surface area (Å²) in [5, 5.41) is 0.514. The van der Waals surface area contributed by atoms with Crippen LogP contribution in [-0.4, -0.2) is 12.9 Å². The van der Waals surface area contributed by atoms with Gasteiger partial charge in [-0.1, -0.05) is 11.6 Å². The Hall–Kier alpha value is -1.46. The van der Waals surface area contributed by atoms with Gasteiger partial charge >= 0.3 is 0 Å². The number of benzene rings is 1. The van der Waals surface area contributed by atoms with Crippen LogP contribution >= 0.6 is 11.6 Å². The first-order valence-corrected chi connectivity index (χ1v) is 4.87. The molecule has 0 saturated heterocycles. The van der Waals surface area contributed by atoms with Crippen LogP contribution in [0.15, 0.2) is 18.2 Å². The molecule has 0 bridgehead atoms. The van der Waals surface area contributed by atoms with Crippen molar-refractivity contribution in [1.29, 1.82) is 0 Å². The summed E-state index contributed by atoms with van der Waals surface area (Å²) >= 11 is 5.80. The normalized spacial score (nSPS) is 9.40. The number of ether oxygens (including phenoxy) is 1. The molecule has 0 aromatic heterocycles. The van der Waals surface area contributed by atoms with Crippen molar-refractivity contribution in [3.8, 4) is 18.1 Å². The Kier molecular flexibility index (Phi) is 4.20. The summed E-state index contributed by atoms with van der Waals surface area (Å²) < 4.78 is 5.07. The second kappa shape index (κ2) is 5.43. The summed E-state index contributed by atoms with van der Waals surface area (Å²) in [6.45, 7) is 0. The largest absolute Gasteiger partial charge is 0.496 e. The number of carbonyl (C=O) groups is 1. The first-order chi connectivity index (χ1) is 7.19. The van der Waals surface area contributed by atoms with E-state index in [4.69, 9.17) is 22.8 Å². The number of rotatable bonds is 4. The van der Waals surface area contributed by atoms with Crippen LogP contribution in [0.3, 0.4) is 0 Å². The van der Waals surface area contributed by atoms with Crippen LogP contribution in [0.5, 0.6) is 5.75 Å². The molecule has 0 radical (unpaired) electrons. The molecule has 2 nitrogen and oxygen atoms in total. The lowest BCUT2D eigenvalue weighted by atomic mass is 10.1. The number of hydrogen-bond acceptors (Lipinski definition) is 2. The zero-order valence-electron chi connectivity index (χ0n) is 8.42. The minimum Gasteiger partial charge on any atom is -0.496 e. The standard InChI is InChI=1S/C12H11ClO2/c1-3-4-5-11(14)10-8-9(13)6-7-12(10)15-2/h1,6-8H,4-5H2,2H3. The number of terminal acetylenes is 1. The quantitative estimate of drug-likeness (QED) is 0.578. The minimum absolute atomic E-state index is 0.0488. The predicted octanol–water partition coefficient (Wildman–Crippen LogP) is 2.94. The van der Waals surface area contributed by atoms with Crippen molar-refractivity contribution in [2.45, 2.75) is 12.8 Å². The molecule has 0 aliphatic carbocycles. The number of hydrogen-bond donors (Lipinski definition) is 0. The maximum Gasteiger partial charge on any atom is 0.167 e. The van der Waals surface area contributed by atoms with E-state index in [9.17, 15) is 4.79 Å². The second-order valence-electron chi connectivity index (χ2n) is 2.97. The number of methoxy groups -OCH3 is 1. The van der Waals surface area contributed by atoms with Crippen LogP contribution in [-0.2, 0) is 0 Å². The molecule has 0 saturated carbocycles. The fourth-order valence-electron chi connectivity index (χ4n) is 1.22. The van der Waals surface area contributed by atoms with Crippen molar-refractivity contribution in [2.75, 3.05) is 7.11 Å². The Labute approximate surface area is 94.2 Å². The van der Waals surface area contributed by atoms with E-state index in [-0.39, 0.29) is 5.78 Å². The molecule has 0 fully saturated rings. The van der Waals surface area contributed by atoms with Crippen molar-refractivity contribution in [1.82, 2.24) is 0 Å². The Morgan fingerprint density at radius 3 is 2.93 bits per heavy atom. The van der Waals surface area contributed by atoms with Gasteiger partial charge in [0.25, 0.3) is 0 Å². The van der Waals surface area contributed by atoms with E-state index in [0.29, 0.717) is 29.2 Å². The Morgan fingerprint density at radius 1 is 1.60 bits per heavy atom. The van der Waals surface area contributed by atoms with Gasteiger partial charge in [0, 0.05) is 17.9 Å². The first-order valence-electron chi connectivity index (χ1n) is 4.49. The molecule has 78 valence electrons. The monoisotopic (exact) mass is 222 g/mol. The Balaban J connectivity index is 2.96. The second-order valence-corrected chi connectivity index (χ2v) is 3.41. The Bertz CT molecular complexity index is 405. The third-order valence-corrected chi connectivity index (χ3v) is 2.19. The van der Waals surface area contributed by atoms with E-state index >= 15 is 0 Å². The van der Waals surface area contributed by atoms with E-state index in [2.05, 4.69) is 5.92 Å². The van der Waals surface area contributed by atoms with Crippen molar-refractivity contribution in [2.24, 2.45) is 0 Å². The van der Waals surface area contributed by atoms with E-state index in [1.807, 2.05) is 0 Å². The lowest BCUT2D eigenvalue weighted by Crippen LogP contribution is -2.01. The topological polar surface area (TPSA) is 26.3 Å². The third kappa shape index (κ3) is 3.00. The molecule has 0 atom stereocenters. The SMILES string of the molecule is C#CCCC(=O)c1cc(Cl)ccc1OC. The molecule has 0 aliphatic heterocycles. The summed E-state index contributed by atoms with van der Waals surface area (Å²) in [5.74, 6) is 2.91. The summed E-state index contributed by atoms with van der Waals surface area (Å²) in [7, 11) is 1.52. The highest BCUT2D eigenvalue weighted by Crippen LogP contribution is 2.24. The maximum absolute atomic E-state index is 11.7. The third-order valence-electron chi connectivity index (χ3n) is 1.96. The van der Waals surface area contributed by atoms with Gasteiger partial charge in [0.2, 0.25) is 0 Å².